The van der Waals surface area contributed by atoms with Crippen molar-refractivity contribution in [3.05, 3.63) is 35.4 Å². The molecule has 18 heavy (non-hydrogen) atoms. The first-order chi connectivity index (χ1) is 8.43. The zero-order valence-electron chi connectivity index (χ0n) is 10.0. The van der Waals surface area contributed by atoms with Crippen LogP contribution in [-0.4, -0.2) is 21.8 Å². The van der Waals surface area contributed by atoms with Crippen LogP contribution < -0.4 is 0 Å². The van der Waals surface area contributed by atoms with Gasteiger partial charge in [0, 0.05) is 10.8 Å². The summed E-state index contributed by atoms with van der Waals surface area (Å²) in [6.07, 6.45) is 0. The van der Waals surface area contributed by atoms with Crippen molar-refractivity contribution in [2.75, 3.05) is 0 Å². The summed E-state index contributed by atoms with van der Waals surface area (Å²) in [5.41, 5.74) is 0.384. The number of hydrogen-bond donors (Lipinski definition) is 2. The number of ketones is 2. The van der Waals surface area contributed by atoms with Crippen molar-refractivity contribution in [1.29, 1.82) is 0 Å². The molecule has 2 N–H and O–H groups in total. The van der Waals surface area contributed by atoms with Gasteiger partial charge in [-0.3, -0.25) is 9.59 Å². The van der Waals surface area contributed by atoms with Crippen molar-refractivity contribution in [3.63, 3.8) is 0 Å². The van der Waals surface area contributed by atoms with E-state index in [1.54, 1.807) is 0 Å². The molecule has 0 radical (unpaired) electrons. The van der Waals surface area contributed by atoms with Gasteiger partial charge in [-0.15, -0.1) is 0 Å². The van der Waals surface area contributed by atoms with E-state index in [0.29, 0.717) is 10.8 Å². The fraction of sp³-hybridized carbons (Fsp3) is 0.143. The van der Waals surface area contributed by atoms with E-state index in [0.717, 1.165) is 0 Å². The van der Waals surface area contributed by atoms with Crippen molar-refractivity contribution in [1.82, 2.24) is 0 Å². The van der Waals surface area contributed by atoms with E-state index in [1.807, 2.05) is 0 Å². The van der Waals surface area contributed by atoms with Gasteiger partial charge in [0.2, 0.25) is 0 Å². The number of benzene rings is 2. The van der Waals surface area contributed by atoms with Gasteiger partial charge in [0.05, 0.1) is 11.1 Å². The van der Waals surface area contributed by atoms with Crippen LogP contribution in [0.4, 0.5) is 0 Å². The van der Waals surface area contributed by atoms with E-state index in [9.17, 15) is 19.8 Å². The second-order valence-electron chi connectivity index (χ2n) is 4.13. The van der Waals surface area contributed by atoms with Gasteiger partial charge in [-0.25, -0.2) is 0 Å². The smallest absolute Gasteiger partial charge is 0.163 e. The normalized spacial score (nSPS) is 10.6. The van der Waals surface area contributed by atoms with Gasteiger partial charge in [-0.05, 0) is 38.1 Å². The molecule has 2 aromatic carbocycles. The molecule has 0 aliphatic heterocycles. The molecular formula is C14H12O4. The van der Waals surface area contributed by atoms with Crippen LogP contribution >= 0.6 is 0 Å². The van der Waals surface area contributed by atoms with E-state index in [2.05, 4.69) is 0 Å². The van der Waals surface area contributed by atoms with E-state index < -0.39 is 0 Å². The predicted octanol–water partition coefficient (Wildman–Crippen LogP) is 2.66. The first-order valence-corrected chi connectivity index (χ1v) is 5.43. The highest BCUT2D eigenvalue weighted by Gasteiger charge is 2.15. The molecule has 0 fully saturated rings. The number of phenolic OH excluding ortho intramolecular Hbond substituents is 2. The predicted molar refractivity (Wildman–Crippen MR) is 67.3 cm³/mol. The number of carbonyl (C=O) groups excluding carboxylic acids is 2. The highest BCUT2D eigenvalue weighted by atomic mass is 16.3. The Kier molecular flexibility index (Phi) is 2.79. The summed E-state index contributed by atoms with van der Waals surface area (Å²) in [4.78, 5) is 22.6. The maximum absolute atomic E-state index is 11.3. The third-order valence-corrected chi connectivity index (χ3v) is 2.90. The molecule has 2 aromatic rings. The first-order valence-electron chi connectivity index (χ1n) is 5.43. The molecule has 4 nitrogen and oxygen atoms in total. The van der Waals surface area contributed by atoms with Gasteiger partial charge >= 0.3 is 0 Å². The summed E-state index contributed by atoms with van der Waals surface area (Å²) in [5.74, 6) is -0.870. The van der Waals surface area contributed by atoms with Crippen LogP contribution in [0.2, 0.25) is 0 Å². The van der Waals surface area contributed by atoms with Crippen molar-refractivity contribution >= 4 is 22.3 Å². The largest absolute Gasteiger partial charge is 0.507 e. The van der Waals surface area contributed by atoms with E-state index >= 15 is 0 Å². The standard InChI is InChI=1S/C14H12O4/c1-7(15)9-3-5-12-11(13(9)17)6-4-10(8(2)16)14(12)18/h3-6,17-18H,1-2H3. The highest BCUT2D eigenvalue weighted by Crippen LogP contribution is 2.36. The fourth-order valence-corrected chi connectivity index (χ4v) is 1.94. The maximum Gasteiger partial charge on any atom is 0.163 e. The molecule has 0 saturated carbocycles. The Hall–Kier alpha value is -2.36. The molecule has 92 valence electrons. The lowest BCUT2D eigenvalue weighted by atomic mass is 9.99. The van der Waals surface area contributed by atoms with Gasteiger partial charge in [-0.1, -0.05) is 0 Å². The van der Waals surface area contributed by atoms with Crippen LogP contribution in [0.1, 0.15) is 34.6 Å². The highest BCUT2D eigenvalue weighted by molar-refractivity contribution is 6.08. The lowest BCUT2D eigenvalue weighted by molar-refractivity contribution is 0.100. The molecule has 4 heteroatoms. The van der Waals surface area contributed by atoms with Gasteiger partial charge in [0.15, 0.2) is 11.6 Å². The average molecular weight is 244 g/mol. The van der Waals surface area contributed by atoms with Crippen LogP contribution in [0.15, 0.2) is 24.3 Å². The molecule has 2 rings (SSSR count). The Bertz CT molecular complexity index is 612. The Labute approximate surface area is 103 Å². The second kappa shape index (κ2) is 4.14. The minimum absolute atomic E-state index is 0.176. The Balaban J connectivity index is 2.83. The molecule has 0 spiro atoms. The lowest BCUT2D eigenvalue weighted by Gasteiger charge is -2.09. The zero-order chi connectivity index (χ0) is 13.4. The Morgan fingerprint density at radius 3 is 1.39 bits per heavy atom. The van der Waals surface area contributed by atoms with Gasteiger partial charge < -0.3 is 10.2 Å². The minimum Gasteiger partial charge on any atom is -0.507 e. The fourth-order valence-electron chi connectivity index (χ4n) is 1.94. The molecule has 0 atom stereocenters. The maximum atomic E-state index is 11.3. The van der Waals surface area contributed by atoms with Crippen LogP contribution in [0, 0.1) is 0 Å². The summed E-state index contributed by atoms with van der Waals surface area (Å²) in [6.45, 7) is 2.70. The van der Waals surface area contributed by atoms with Gasteiger partial charge in [0.25, 0.3) is 0 Å². The van der Waals surface area contributed by atoms with E-state index in [4.69, 9.17) is 0 Å². The Morgan fingerprint density at radius 2 is 1.11 bits per heavy atom. The summed E-state index contributed by atoms with van der Waals surface area (Å²) in [7, 11) is 0. The number of fused-ring (bicyclic) bond motifs is 1. The summed E-state index contributed by atoms with van der Waals surface area (Å²) < 4.78 is 0. The average Bonchev–Trinajstić information content (AvgIpc) is 2.29. The van der Waals surface area contributed by atoms with Crippen LogP contribution in [0.3, 0.4) is 0 Å². The third-order valence-electron chi connectivity index (χ3n) is 2.90. The molecule has 0 amide bonds. The summed E-state index contributed by atoms with van der Waals surface area (Å²) in [5, 5.41) is 20.6. The molecule has 0 heterocycles. The monoisotopic (exact) mass is 244 g/mol. The van der Waals surface area contributed by atoms with Crippen LogP contribution in [0.5, 0.6) is 11.5 Å². The molecule has 0 aromatic heterocycles. The van der Waals surface area contributed by atoms with Crippen molar-refractivity contribution < 1.29 is 19.8 Å². The molecule has 0 aliphatic carbocycles. The number of hydrogen-bond acceptors (Lipinski definition) is 4. The van der Waals surface area contributed by atoms with Crippen LogP contribution in [-0.2, 0) is 0 Å². The van der Waals surface area contributed by atoms with Gasteiger partial charge in [-0.2, -0.15) is 0 Å². The van der Waals surface area contributed by atoms with Crippen molar-refractivity contribution in [2.24, 2.45) is 0 Å². The first kappa shape index (κ1) is 12.1. The molecule has 0 aliphatic rings. The quantitative estimate of drug-likeness (QED) is 0.796. The van der Waals surface area contributed by atoms with E-state index in [1.165, 1.54) is 38.1 Å². The number of carbonyl (C=O) groups is 2. The number of Topliss-reactive ketones (excluding diaryl/α,β-unsaturated/α-hetero) is 2. The third kappa shape index (κ3) is 1.72. The zero-order valence-corrected chi connectivity index (χ0v) is 10.0. The number of phenols is 2. The molecular weight excluding hydrogens is 232 g/mol. The second-order valence-corrected chi connectivity index (χ2v) is 4.13. The SMILES string of the molecule is CC(=O)c1ccc2c(O)c(C(C)=O)ccc2c1O. The number of aromatic hydroxyl groups is 2. The Morgan fingerprint density at radius 1 is 0.778 bits per heavy atom. The van der Waals surface area contributed by atoms with Crippen LogP contribution in [0.25, 0.3) is 10.8 Å². The van der Waals surface area contributed by atoms with Crippen molar-refractivity contribution in [2.45, 2.75) is 13.8 Å². The molecule has 0 saturated heterocycles. The summed E-state index contributed by atoms with van der Waals surface area (Å²) in [6, 6.07) is 5.91. The molecule has 0 bridgehead atoms. The lowest BCUT2D eigenvalue weighted by Crippen LogP contribution is -1.96. The van der Waals surface area contributed by atoms with E-state index in [-0.39, 0.29) is 34.2 Å². The van der Waals surface area contributed by atoms with Gasteiger partial charge in [0.1, 0.15) is 11.5 Å². The minimum atomic E-state index is -0.260. The number of rotatable bonds is 2. The topological polar surface area (TPSA) is 74.6 Å². The van der Waals surface area contributed by atoms with Crippen molar-refractivity contribution in [3.8, 4) is 11.5 Å². The molecule has 0 unspecified atom stereocenters. The summed E-state index contributed by atoms with van der Waals surface area (Å²) >= 11 is 0.